The van der Waals surface area contributed by atoms with Gasteiger partial charge in [0, 0.05) is 19.8 Å². The van der Waals surface area contributed by atoms with Gasteiger partial charge in [0.15, 0.2) is 0 Å². The van der Waals surface area contributed by atoms with Gasteiger partial charge in [0.2, 0.25) is 5.95 Å². The third-order valence-electron chi connectivity index (χ3n) is 3.28. The van der Waals surface area contributed by atoms with Crippen LogP contribution in [0, 0.1) is 0 Å². The number of aryl methyl sites for hydroxylation is 1. The lowest BCUT2D eigenvalue weighted by Crippen LogP contribution is -2.05. The summed E-state index contributed by atoms with van der Waals surface area (Å²) < 4.78 is 1.64. The van der Waals surface area contributed by atoms with Gasteiger partial charge in [0.1, 0.15) is 5.69 Å². The van der Waals surface area contributed by atoms with E-state index in [0.29, 0.717) is 12.5 Å². The summed E-state index contributed by atoms with van der Waals surface area (Å²) in [6, 6.07) is 8.43. The smallest absolute Gasteiger partial charge is 0.335 e. The highest BCUT2D eigenvalue weighted by Gasteiger charge is 2.07. The molecule has 2 heterocycles. The van der Waals surface area contributed by atoms with E-state index in [4.69, 9.17) is 5.11 Å². The highest BCUT2D eigenvalue weighted by molar-refractivity contribution is 5.87. The molecular weight excluding hydrogens is 296 g/mol. The van der Waals surface area contributed by atoms with Crippen LogP contribution in [0.1, 0.15) is 15.9 Å². The van der Waals surface area contributed by atoms with Gasteiger partial charge in [-0.15, -0.1) is 5.10 Å². The van der Waals surface area contributed by atoms with Gasteiger partial charge in [0.25, 0.3) is 0 Å². The lowest BCUT2D eigenvalue weighted by atomic mass is 10.1. The van der Waals surface area contributed by atoms with Crippen molar-refractivity contribution in [2.24, 2.45) is 7.05 Å². The number of nitrogens with one attached hydrogen (secondary N) is 1. The molecule has 8 heteroatoms. The molecule has 3 aromatic rings. The number of aromatic nitrogens is 5. The molecule has 0 fully saturated rings. The number of hydrogen-bond donors (Lipinski definition) is 2. The molecule has 2 aromatic heterocycles. The molecule has 0 aliphatic rings. The van der Waals surface area contributed by atoms with Crippen molar-refractivity contribution in [1.82, 2.24) is 25.0 Å². The topological polar surface area (TPSA) is 106 Å². The Balaban J connectivity index is 1.71. The zero-order chi connectivity index (χ0) is 16.2. The van der Waals surface area contributed by atoms with Crippen molar-refractivity contribution in [3.05, 3.63) is 53.9 Å². The average molecular weight is 310 g/mol. The molecular formula is C15H14N6O2. The number of carboxylic acid groups (broad SMARTS) is 1. The van der Waals surface area contributed by atoms with Gasteiger partial charge in [-0.05, 0) is 23.8 Å². The molecule has 0 bridgehead atoms. The van der Waals surface area contributed by atoms with Crippen LogP contribution < -0.4 is 5.32 Å². The number of carboxylic acids is 1. The van der Waals surface area contributed by atoms with E-state index < -0.39 is 5.97 Å². The number of benzene rings is 1. The Morgan fingerprint density at radius 1 is 1.26 bits per heavy atom. The summed E-state index contributed by atoms with van der Waals surface area (Å²) in [7, 11) is 1.79. The van der Waals surface area contributed by atoms with Crippen molar-refractivity contribution in [1.29, 1.82) is 0 Å². The summed E-state index contributed by atoms with van der Waals surface area (Å²) in [5, 5.41) is 19.7. The van der Waals surface area contributed by atoms with Crippen molar-refractivity contribution >= 4 is 11.9 Å². The number of carbonyl (C=O) groups is 1. The van der Waals surface area contributed by atoms with E-state index in [9.17, 15) is 4.79 Å². The fraction of sp³-hybridized carbons (Fsp3) is 0.133. The summed E-state index contributed by atoms with van der Waals surface area (Å²) >= 11 is 0. The first-order valence-electron chi connectivity index (χ1n) is 6.87. The van der Waals surface area contributed by atoms with Crippen LogP contribution in [-0.2, 0) is 13.6 Å². The summed E-state index contributed by atoms with van der Waals surface area (Å²) in [4.78, 5) is 19.4. The molecule has 0 saturated carbocycles. The Morgan fingerprint density at radius 2 is 2.04 bits per heavy atom. The zero-order valence-corrected chi connectivity index (χ0v) is 12.3. The average Bonchev–Trinajstić information content (AvgIpc) is 3.00. The quantitative estimate of drug-likeness (QED) is 0.737. The van der Waals surface area contributed by atoms with E-state index >= 15 is 0 Å². The van der Waals surface area contributed by atoms with E-state index in [-0.39, 0.29) is 5.56 Å². The molecule has 0 amide bonds. The lowest BCUT2D eigenvalue weighted by molar-refractivity contribution is 0.0697. The monoisotopic (exact) mass is 310 g/mol. The molecule has 0 spiro atoms. The minimum atomic E-state index is -0.940. The fourth-order valence-electron chi connectivity index (χ4n) is 2.05. The van der Waals surface area contributed by atoms with Crippen LogP contribution in [-0.4, -0.2) is 36.0 Å². The standard InChI is InChI=1S/C15H14N6O2/c1-21-13(9-18-20-21)12-6-7-16-15(19-12)17-8-10-2-4-11(5-3-10)14(22)23/h2-7,9H,8H2,1H3,(H,22,23)(H,16,17,19). The van der Waals surface area contributed by atoms with Crippen molar-refractivity contribution in [2.75, 3.05) is 5.32 Å². The second-order valence-electron chi connectivity index (χ2n) is 4.86. The van der Waals surface area contributed by atoms with Crippen LogP contribution in [0.2, 0.25) is 0 Å². The van der Waals surface area contributed by atoms with E-state index in [1.807, 2.05) is 0 Å². The second kappa shape index (κ2) is 6.22. The maximum absolute atomic E-state index is 10.8. The van der Waals surface area contributed by atoms with Crippen LogP contribution in [0.4, 0.5) is 5.95 Å². The number of nitrogens with zero attached hydrogens (tertiary/aromatic N) is 5. The molecule has 0 atom stereocenters. The lowest BCUT2D eigenvalue weighted by Gasteiger charge is -2.07. The molecule has 0 aliphatic heterocycles. The van der Waals surface area contributed by atoms with Crippen molar-refractivity contribution in [3.8, 4) is 11.4 Å². The Morgan fingerprint density at radius 3 is 2.70 bits per heavy atom. The molecule has 0 saturated heterocycles. The normalized spacial score (nSPS) is 10.5. The Bertz CT molecular complexity index is 828. The third kappa shape index (κ3) is 3.31. The SMILES string of the molecule is Cn1nncc1-c1ccnc(NCc2ccc(C(=O)O)cc2)n1. The van der Waals surface area contributed by atoms with Crippen LogP contribution in [0.5, 0.6) is 0 Å². The van der Waals surface area contributed by atoms with E-state index in [2.05, 4.69) is 25.6 Å². The van der Waals surface area contributed by atoms with Gasteiger partial charge in [-0.3, -0.25) is 0 Å². The van der Waals surface area contributed by atoms with Gasteiger partial charge in [-0.2, -0.15) is 0 Å². The molecule has 8 nitrogen and oxygen atoms in total. The molecule has 0 radical (unpaired) electrons. The minimum absolute atomic E-state index is 0.260. The first-order chi connectivity index (χ1) is 11.1. The number of hydrogen-bond acceptors (Lipinski definition) is 6. The van der Waals surface area contributed by atoms with Crippen LogP contribution in [0.3, 0.4) is 0 Å². The molecule has 2 N–H and O–H groups in total. The summed E-state index contributed by atoms with van der Waals surface area (Å²) in [6.07, 6.45) is 3.29. The molecule has 23 heavy (non-hydrogen) atoms. The number of aromatic carboxylic acids is 1. The third-order valence-corrected chi connectivity index (χ3v) is 3.28. The molecule has 3 rings (SSSR count). The highest BCUT2D eigenvalue weighted by Crippen LogP contribution is 2.15. The van der Waals surface area contributed by atoms with Crippen LogP contribution in [0.25, 0.3) is 11.4 Å². The van der Waals surface area contributed by atoms with E-state index in [1.165, 1.54) is 0 Å². The second-order valence-corrected chi connectivity index (χ2v) is 4.86. The van der Waals surface area contributed by atoms with Gasteiger partial charge in [0.05, 0.1) is 17.5 Å². The van der Waals surface area contributed by atoms with Crippen LogP contribution >= 0.6 is 0 Å². The molecule has 0 unspecified atom stereocenters. The maximum Gasteiger partial charge on any atom is 0.335 e. The Kier molecular flexibility index (Phi) is 3.96. The molecule has 0 aliphatic carbocycles. The van der Waals surface area contributed by atoms with E-state index in [0.717, 1.165) is 17.0 Å². The molecule has 116 valence electrons. The minimum Gasteiger partial charge on any atom is -0.478 e. The number of anilines is 1. The first-order valence-corrected chi connectivity index (χ1v) is 6.87. The number of rotatable bonds is 5. The first kappa shape index (κ1) is 14.6. The summed E-state index contributed by atoms with van der Waals surface area (Å²) in [6.45, 7) is 0.493. The summed E-state index contributed by atoms with van der Waals surface area (Å²) in [5.41, 5.74) is 2.71. The van der Waals surface area contributed by atoms with Gasteiger partial charge in [-0.25, -0.2) is 19.4 Å². The van der Waals surface area contributed by atoms with Crippen LogP contribution in [0.15, 0.2) is 42.7 Å². The predicted octanol–water partition coefficient (Wildman–Crippen LogP) is 1.58. The maximum atomic E-state index is 10.8. The van der Waals surface area contributed by atoms with Crippen molar-refractivity contribution < 1.29 is 9.90 Å². The zero-order valence-electron chi connectivity index (χ0n) is 12.3. The Labute approximate surface area is 131 Å². The predicted molar refractivity (Wildman–Crippen MR) is 82.8 cm³/mol. The van der Waals surface area contributed by atoms with Gasteiger partial charge in [-0.1, -0.05) is 17.3 Å². The largest absolute Gasteiger partial charge is 0.478 e. The molecule has 1 aromatic carbocycles. The fourth-order valence-corrected chi connectivity index (χ4v) is 2.05. The Hall–Kier alpha value is -3.29. The van der Waals surface area contributed by atoms with Gasteiger partial charge >= 0.3 is 5.97 Å². The summed E-state index contributed by atoms with van der Waals surface area (Å²) in [5.74, 6) is -0.462. The van der Waals surface area contributed by atoms with Gasteiger partial charge < -0.3 is 10.4 Å². The van der Waals surface area contributed by atoms with E-state index in [1.54, 1.807) is 54.5 Å². The van der Waals surface area contributed by atoms with Crippen molar-refractivity contribution in [2.45, 2.75) is 6.54 Å². The van der Waals surface area contributed by atoms with Crippen molar-refractivity contribution in [3.63, 3.8) is 0 Å². The highest BCUT2D eigenvalue weighted by atomic mass is 16.4.